The first-order valence-electron chi connectivity index (χ1n) is 13.3. The summed E-state index contributed by atoms with van der Waals surface area (Å²) < 4.78 is 5.59. The molecule has 0 saturated carbocycles. The Hall–Kier alpha value is -1.35. The van der Waals surface area contributed by atoms with Crippen molar-refractivity contribution in [1.82, 2.24) is 0 Å². The smallest absolute Gasteiger partial charge is 0.306 e. The van der Waals surface area contributed by atoms with E-state index in [9.17, 15) is 9.90 Å². The largest absolute Gasteiger partial charge is 0.466 e. The standard InChI is InChI=1S/C30H52O3/c1-8-9-10-11-12-16-19-25(29(2,3)4)28(32)26(30(5,6)7)22-23-33-27(31)21-20-24-17-14-13-15-18-24/h13-15,17-18,25-26,28,32H,8-12,16,19-23H2,1-7H3. The molecule has 0 saturated heterocycles. The van der Waals surface area contributed by atoms with Gasteiger partial charge in [0.2, 0.25) is 0 Å². The molecule has 0 aliphatic heterocycles. The van der Waals surface area contributed by atoms with Crippen LogP contribution in [0.4, 0.5) is 0 Å². The van der Waals surface area contributed by atoms with Crippen LogP contribution in [0.1, 0.15) is 112 Å². The highest BCUT2D eigenvalue weighted by Crippen LogP contribution is 2.42. The van der Waals surface area contributed by atoms with Crippen LogP contribution in [0.15, 0.2) is 30.3 Å². The SMILES string of the molecule is CCCCCCCCC(C(O)C(CCOC(=O)CCc1ccccc1)C(C)(C)C)C(C)(C)C. The van der Waals surface area contributed by atoms with Crippen LogP contribution in [-0.4, -0.2) is 23.8 Å². The summed E-state index contributed by atoms with van der Waals surface area (Å²) in [5, 5.41) is 11.6. The van der Waals surface area contributed by atoms with Crippen LogP contribution in [0.3, 0.4) is 0 Å². The van der Waals surface area contributed by atoms with Gasteiger partial charge in [-0.1, -0.05) is 117 Å². The summed E-state index contributed by atoms with van der Waals surface area (Å²) in [5.41, 5.74) is 1.14. The molecule has 3 nitrogen and oxygen atoms in total. The van der Waals surface area contributed by atoms with Crippen LogP contribution in [-0.2, 0) is 16.0 Å². The number of carbonyl (C=O) groups is 1. The molecule has 1 aromatic carbocycles. The monoisotopic (exact) mass is 460 g/mol. The second-order valence-corrected chi connectivity index (χ2v) is 12.0. The zero-order valence-corrected chi connectivity index (χ0v) is 22.7. The normalized spacial score (nSPS) is 15.2. The molecule has 1 rings (SSSR count). The van der Waals surface area contributed by atoms with E-state index in [1.54, 1.807) is 0 Å². The minimum Gasteiger partial charge on any atom is -0.466 e. The molecule has 3 atom stereocenters. The van der Waals surface area contributed by atoms with Gasteiger partial charge in [0.25, 0.3) is 0 Å². The molecule has 0 aliphatic rings. The number of rotatable bonds is 15. The van der Waals surface area contributed by atoms with Crippen molar-refractivity contribution >= 4 is 5.97 Å². The molecule has 1 N–H and O–H groups in total. The van der Waals surface area contributed by atoms with Crippen LogP contribution in [0.5, 0.6) is 0 Å². The number of hydrogen-bond donors (Lipinski definition) is 1. The number of aryl methyl sites for hydroxylation is 1. The Morgan fingerprint density at radius 1 is 0.848 bits per heavy atom. The predicted octanol–water partition coefficient (Wildman–Crippen LogP) is 7.99. The Balaban J connectivity index is 2.62. The van der Waals surface area contributed by atoms with E-state index in [2.05, 4.69) is 48.5 Å². The number of benzene rings is 1. The van der Waals surface area contributed by atoms with Gasteiger partial charge < -0.3 is 9.84 Å². The van der Waals surface area contributed by atoms with Crippen molar-refractivity contribution in [3.05, 3.63) is 35.9 Å². The molecule has 3 heteroatoms. The molecule has 0 bridgehead atoms. The molecule has 190 valence electrons. The summed E-state index contributed by atoms with van der Waals surface area (Å²) in [7, 11) is 0. The lowest BCUT2D eigenvalue weighted by molar-refractivity contribution is -0.145. The van der Waals surface area contributed by atoms with E-state index in [0.717, 1.165) is 12.0 Å². The van der Waals surface area contributed by atoms with E-state index in [1.165, 1.54) is 38.5 Å². The first kappa shape index (κ1) is 29.7. The first-order valence-corrected chi connectivity index (χ1v) is 13.3. The van der Waals surface area contributed by atoms with E-state index in [4.69, 9.17) is 4.74 Å². The van der Waals surface area contributed by atoms with Gasteiger partial charge in [-0.3, -0.25) is 4.79 Å². The molecule has 0 spiro atoms. The third kappa shape index (κ3) is 12.1. The lowest BCUT2D eigenvalue weighted by Gasteiger charge is -2.43. The number of esters is 1. The zero-order valence-electron chi connectivity index (χ0n) is 22.7. The molecule has 0 aliphatic carbocycles. The number of carbonyl (C=O) groups excluding carboxylic acids is 1. The summed E-state index contributed by atoms with van der Waals surface area (Å²) in [6.07, 6.45) is 10.1. The molecule has 0 aromatic heterocycles. The highest BCUT2D eigenvalue weighted by molar-refractivity contribution is 5.69. The third-order valence-corrected chi connectivity index (χ3v) is 7.07. The van der Waals surface area contributed by atoms with Crippen molar-refractivity contribution in [3.63, 3.8) is 0 Å². The van der Waals surface area contributed by atoms with Crippen molar-refractivity contribution in [3.8, 4) is 0 Å². The van der Waals surface area contributed by atoms with E-state index in [1.807, 2.05) is 30.3 Å². The average molecular weight is 461 g/mol. The molecule has 3 unspecified atom stereocenters. The Morgan fingerprint density at radius 2 is 1.39 bits per heavy atom. The van der Waals surface area contributed by atoms with E-state index >= 15 is 0 Å². The topological polar surface area (TPSA) is 46.5 Å². The summed E-state index contributed by atoms with van der Waals surface area (Å²) in [5.74, 6) is 0.172. The second-order valence-electron chi connectivity index (χ2n) is 12.0. The molecule has 0 amide bonds. The number of aliphatic hydroxyl groups excluding tert-OH is 1. The Morgan fingerprint density at radius 3 is 1.97 bits per heavy atom. The zero-order chi connectivity index (χ0) is 24.9. The van der Waals surface area contributed by atoms with Gasteiger partial charge in [0, 0.05) is 6.42 Å². The average Bonchev–Trinajstić information content (AvgIpc) is 2.73. The van der Waals surface area contributed by atoms with Gasteiger partial charge in [-0.2, -0.15) is 0 Å². The van der Waals surface area contributed by atoms with Gasteiger partial charge in [0.15, 0.2) is 0 Å². The second kappa shape index (κ2) is 14.8. The van der Waals surface area contributed by atoms with Crippen LogP contribution in [0.2, 0.25) is 0 Å². The van der Waals surface area contributed by atoms with Gasteiger partial charge >= 0.3 is 5.97 Å². The maximum Gasteiger partial charge on any atom is 0.306 e. The van der Waals surface area contributed by atoms with Crippen LogP contribution >= 0.6 is 0 Å². The molecule has 1 aromatic rings. The molecular weight excluding hydrogens is 408 g/mol. The van der Waals surface area contributed by atoms with Crippen molar-refractivity contribution in [2.45, 2.75) is 119 Å². The van der Waals surface area contributed by atoms with E-state index < -0.39 is 6.10 Å². The summed E-state index contributed by atoms with van der Waals surface area (Å²) >= 11 is 0. The number of hydrogen-bond acceptors (Lipinski definition) is 3. The predicted molar refractivity (Wildman–Crippen MR) is 140 cm³/mol. The van der Waals surface area contributed by atoms with Crippen LogP contribution in [0, 0.1) is 22.7 Å². The summed E-state index contributed by atoms with van der Waals surface area (Å²) in [6.45, 7) is 16.0. The fraction of sp³-hybridized carbons (Fsp3) is 0.767. The fourth-order valence-corrected chi connectivity index (χ4v) is 4.92. The van der Waals surface area contributed by atoms with E-state index in [-0.39, 0.29) is 28.6 Å². The maximum absolute atomic E-state index is 12.3. The van der Waals surface area contributed by atoms with Gasteiger partial charge in [-0.15, -0.1) is 0 Å². The van der Waals surface area contributed by atoms with Gasteiger partial charge in [-0.25, -0.2) is 0 Å². The Labute approximate surface area is 204 Å². The van der Waals surface area contributed by atoms with E-state index in [0.29, 0.717) is 25.9 Å². The van der Waals surface area contributed by atoms with Gasteiger partial charge in [0.1, 0.15) is 0 Å². The number of ether oxygens (including phenoxy) is 1. The van der Waals surface area contributed by atoms with Gasteiger partial charge in [-0.05, 0) is 47.5 Å². The fourth-order valence-electron chi connectivity index (χ4n) is 4.92. The Kier molecular flexibility index (Phi) is 13.3. The van der Waals surface area contributed by atoms with Crippen LogP contribution in [0.25, 0.3) is 0 Å². The van der Waals surface area contributed by atoms with Crippen molar-refractivity contribution < 1.29 is 14.6 Å². The quantitative estimate of drug-likeness (QED) is 0.213. The molecule has 33 heavy (non-hydrogen) atoms. The number of unbranched alkanes of at least 4 members (excludes halogenated alkanes) is 5. The molecule has 0 fully saturated rings. The summed E-state index contributed by atoms with van der Waals surface area (Å²) in [4.78, 5) is 12.3. The molecule has 0 heterocycles. The number of aliphatic hydroxyl groups is 1. The maximum atomic E-state index is 12.3. The lowest BCUT2D eigenvalue weighted by Crippen LogP contribution is -2.43. The molecular formula is C30H52O3. The summed E-state index contributed by atoms with van der Waals surface area (Å²) in [6, 6.07) is 10.0. The van der Waals surface area contributed by atoms with Crippen LogP contribution < -0.4 is 0 Å². The highest BCUT2D eigenvalue weighted by atomic mass is 16.5. The minimum absolute atomic E-state index is 0.0404. The van der Waals surface area contributed by atoms with Crippen molar-refractivity contribution in [2.75, 3.05) is 6.61 Å². The molecule has 0 radical (unpaired) electrons. The minimum atomic E-state index is -0.399. The Bertz CT molecular complexity index is 639. The highest BCUT2D eigenvalue weighted by Gasteiger charge is 2.40. The van der Waals surface area contributed by atoms with Crippen molar-refractivity contribution in [2.24, 2.45) is 22.7 Å². The third-order valence-electron chi connectivity index (χ3n) is 7.07. The van der Waals surface area contributed by atoms with Gasteiger partial charge in [0.05, 0.1) is 12.7 Å². The lowest BCUT2D eigenvalue weighted by atomic mass is 9.65. The first-order chi connectivity index (χ1) is 15.5. The van der Waals surface area contributed by atoms with Crippen molar-refractivity contribution in [1.29, 1.82) is 0 Å².